The Morgan fingerprint density at radius 2 is 1.59 bits per heavy atom. The average Bonchev–Trinajstić information content (AvgIpc) is 2.58. The predicted octanol–water partition coefficient (Wildman–Crippen LogP) is 2.45. The lowest BCUT2D eigenvalue weighted by Crippen LogP contribution is -2.51. The molecule has 5 heteroatoms. The Hall–Kier alpha value is -2.66. The molecule has 1 unspecified atom stereocenters. The van der Waals surface area contributed by atoms with Crippen molar-refractivity contribution in [3.8, 4) is 0 Å². The molecule has 0 spiro atoms. The molecule has 5 nitrogen and oxygen atoms in total. The molecule has 0 saturated carbocycles. The second kappa shape index (κ2) is 5.99. The maximum absolute atomic E-state index is 12.7. The van der Waals surface area contributed by atoms with E-state index in [1.807, 2.05) is 24.3 Å². The fourth-order valence-corrected chi connectivity index (χ4v) is 2.63. The molecular weight excluding hydrogens is 280 g/mol. The molecule has 1 saturated heterocycles. The predicted molar refractivity (Wildman–Crippen MR) is 79.9 cm³/mol. The fraction of sp³-hybridized carbons (Fsp3) is 0.176. The molecule has 1 N–H and O–H groups in total. The third-order valence-corrected chi connectivity index (χ3v) is 3.73. The quantitative estimate of drug-likeness (QED) is 0.866. The topological polar surface area (TPSA) is 60.9 Å². The molecule has 2 amide bonds. The second-order valence-electron chi connectivity index (χ2n) is 5.14. The van der Waals surface area contributed by atoms with Crippen LogP contribution in [0.1, 0.15) is 28.5 Å². The van der Waals surface area contributed by atoms with E-state index in [0.717, 1.165) is 0 Å². The first-order chi connectivity index (χ1) is 10.7. The van der Waals surface area contributed by atoms with E-state index in [4.69, 9.17) is 0 Å². The lowest BCUT2D eigenvalue weighted by molar-refractivity contribution is -0.200. The Balaban J connectivity index is 1.97. The van der Waals surface area contributed by atoms with Gasteiger partial charge in [0.15, 0.2) is 6.17 Å². The average molecular weight is 296 g/mol. The van der Waals surface area contributed by atoms with Crippen molar-refractivity contribution in [2.45, 2.75) is 12.6 Å². The maximum Gasteiger partial charge on any atom is 0.255 e. The number of hydrogen-bond donors (Lipinski definition) is 1. The summed E-state index contributed by atoms with van der Waals surface area (Å²) in [6.07, 6.45) is -0.687. The molecule has 1 atom stereocenters. The van der Waals surface area contributed by atoms with Crippen LogP contribution in [0.25, 0.3) is 0 Å². The smallest absolute Gasteiger partial charge is 0.255 e. The van der Waals surface area contributed by atoms with Crippen LogP contribution in [-0.4, -0.2) is 33.5 Å². The van der Waals surface area contributed by atoms with Crippen molar-refractivity contribution >= 4 is 11.8 Å². The highest BCUT2D eigenvalue weighted by molar-refractivity contribution is 5.95. The number of rotatable bonds is 2. The van der Waals surface area contributed by atoms with Gasteiger partial charge in [0.25, 0.3) is 5.91 Å². The first-order valence-corrected chi connectivity index (χ1v) is 7.10. The number of benzene rings is 2. The van der Waals surface area contributed by atoms with Crippen LogP contribution in [0.4, 0.5) is 0 Å². The van der Waals surface area contributed by atoms with Crippen molar-refractivity contribution in [1.29, 1.82) is 0 Å². The van der Waals surface area contributed by atoms with E-state index in [9.17, 15) is 14.8 Å². The van der Waals surface area contributed by atoms with Gasteiger partial charge in [-0.05, 0) is 17.7 Å². The molecule has 0 aliphatic carbocycles. The van der Waals surface area contributed by atoms with Crippen molar-refractivity contribution in [2.24, 2.45) is 0 Å². The van der Waals surface area contributed by atoms with Crippen LogP contribution in [0.3, 0.4) is 0 Å². The molecule has 1 aliphatic heterocycles. The third kappa shape index (κ3) is 2.58. The van der Waals surface area contributed by atoms with Crippen LogP contribution in [0.5, 0.6) is 0 Å². The summed E-state index contributed by atoms with van der Waals surface area (Å²) in [5, 5.41) is 10.8. The zero-order valence-electron chi connectivity index (χ0n) is 11.9. The molecule has 0 radical (unpaired) electrons. The number of hydroxylamine groups is 2. The Morgan fingerprint density at radius 1 is 1.00 bits per heavy atom. The second-order valence-corrected chi connectivity index (χ2v) is 5.14. The number of amides is 2. The van der Waals surface area contributed by atoms with Crippen LogP contribution in [0, 0.1) is 0 Å². The highest BCUT2D eigenvalue weighted by Crippen LogP contribution is 2.29. The Labute approximate surface area is 128 Å². The first kappa shape index (κ1) is 14.3. The molecule has 1 heterocycles. The summed E-state index contributed by atoms with van der Waals surface area (Å²) in [5.74, 6) is -0.591. The Bertz CT molecular complexity index is 673. The molecule has 2 aromatic rings. The van der Waals surface area contributed by atoms with Crippen LogP contribution >= 0.6 is 0 Å². The number of nitrogens with zero attached hydrogens (tertiary/aromatic N) is 2. The van der Waals surface area contributed by atoms with Gasteiger partial charge >= 0.3 is 0 Å². The van der Waals surface area contributed by atoms with Gasteiger partial charge in [-0.2, -0.15) is 5.06 Å². The summed E-state index contributed by atoms with van der Waals surface area (Å²) in [5.41, 5.74) is 1.23. The van der Waals surface area contributed by atoms with E-state index in [0.29, 0.717) is 16.2 Å². The third-order valence-electron chi connectivity index (χ3n) is 3.73. The van der Waals surface area contributed by atoms with Gasteiger partial charge in [0.2, 0.25) is 5.91 Å². The van der Waals surface area contributed by atoms with Gasteiger partial charge in [0.1, 0.15) is 0 Å². The highest BCUT2D eigenvalue weighted by Gasteiger charge is 2.37. The number of hydrogen-bond acceptors (Lipinski definition) is 3. The molecule has 0 aromatic heterocycles. The zero-order chi connectivity index (χ0) is 15.5. The van der Waals surface area contributed by atoms with Crippen LogP contribution in [0.2, 0.25) is 0 Å². The molecular formula is C17H16N2O3. The summed E-state index contributed by atoms with van der Waals surface area (Å²) in [6.45, 7) is 0.281. The Morgan fingerprint density at radius 3 is 2.23 bits per heavy atom. The monoisotopic (exact) mass is 296 g/mol. The SMILES string of the molecule is O=C1CCN(C(=O)c2ccccc2)C(c2ccccc2)N1O. The molecule has 112 valence electrons. The summed E-state index contributed by atoms with van der Waals surface area (Å²) < 4.78 is 0. The van der Waals surface area contributed by atoms with E-state index in [1.54, 1.807) is 36.4 Å². The van der Waals surface area contributed by atoms with Gasteiger partial charge in [-0.15, -0.1) is 0 Å². The van der Waals surface area contributed by atoms with E-state index in [2.05, 4.69) is 0 Å². The summed E-state index contributed by atoms with van der Waals surface area (Å²) in [4.78, 5) is 26.1. The van der Waals surface area contributed by atoms with Crippen molar-refractivity contribution in [3.63, 3.8) is 0 Å². The van der Waals surface area contributed by atoms with Crippen molar-refractivity contribution in [2.75, 3.05) is 6.54 Å². The minimum Gasteiger partial charge on any atom is -0.311 e. The first-order valence-electron chi connectivity index (χ1n) is 7.10. The Kier molecular flexibility index (Phi) is 3.89. The molecule has 1 aliphatic rings. The van der Waals surface area contributed by atoms with Gasteiger partial charge in [0, 0.05) is 18.5 Å². The zero-order valence-corrected chi connectivity index (χ0v) is 11.9. The minimum atomic E-state index is -0.796. The van der Waals surface area contributed by atoms with Crippen LogP contribution in [0.15, 0.2) is 60.7 Å². The van der Waals surface area contributed by atoms with Gasteiger partial charge in [-0.3, -0.25) is 14.8 Å². The lowest BCUT2D eigenvalue weighted by Gasteiger charge is -2.40. The van der Waals surface area contributed by atoms with Crippen molar-refractivity contribution < 1.29 is 14.8 Å². The number of carbonyl (C=O) groups is 2. The molecule has 22 heavy (non-hydrogen) atoms. The number of carbonyl (C=O) groups excluding carboxylic acids is 2. The highest BCUT2D eigenvalue weighted by atomic mass is 16.5. The molecule has 1 fully saturated rings. The standard InChI is InChI=1S/C17H16N2O3/c20-15-11-12-18(17(21)14-9-5-2-6-10-14)16(19(15)22)13-7-3-1-4-8-13/h1-10,16,22H,11-12H2. The van der Waals surface area contributed by atoms with Gasteiger partial charge in [-0.1, -0.05) is 48.5 Å². The molecule has 2 aromatic carbocycles. The van der Waals surface area contributed by atoms with Crippen LogP contribution in [-0.2, 0) is 4.79 Å². The summed E-state index contributed by atoms with van der Waals surface area (Å²) in [6, 6.07) is 17.9. The van der Waals surface area contributed by atoms with Gasteiger partial charge in [-0.25, -0.2) is 0 Å². The van der Waals surface area contributed by atoms with Gasteiger partial charge in [0.05, 0.1) is 0 Å². The van der Waals surface area contributed by atoms with Crippen molar-refractivity contribution in [1.82, 2.24) is 9.96 Å². The summed E-state index contributed by atoms with van der Waals surface area (Å²) >= 11 is 0. The van der Waals surface area contributed by atoms with E-state index >= 15 is 0 Å². The lowest BCUT2D eigenvalue weighted by atomic mass is 10.1. The molecule has 3 rings (SSSR count). The maximum atomic E-state index is 12.7. The fourth-order valence-electron chi connectivity index (χ4n) is 2.63. The van der Waals surface area contributed by atoms with Crippen LogP contribution < -0.4 is 0 Å². The minimum absolute atomic E-state index is 0.110. The van der Waals surface area contributed by atoms with E-state index in [-0.39, 0.29) is 24.8 Å². The molecule has 0 bridgehead atoms. The summed E-state index contributed by atoms with van der Waals surface area (Å²) in [7, 11) is 0. The van der Waals surface area contributed by atoms with E-state index < -0.39 is 6.17 Å². The van der Waals surface area contributed by atoms with Crippen molar-refractivity contribution in [3.05, 3.63) is 71.8 Å². The largest absolute Gasteiger partial charge is 0.311 e. The normalized spacial score (nSPS) is 18.4. The van der Waals surface area contributed by atoms with E-state index in [1.165, 1.54) is 4.90 Å². The van der Waals surface area contributed by atoms with Gasteiger partial charge < -0.3 is 4.90 Å².